The lowest BCUT2D eigenvalue weighted by Gasteiger charge is -2.08. The van der Waals surface area contributed by atoms with Crippen molar-refractivity contribution in [3.63, 3.8) is 0 Å². The van der Waals surface area contributed by atoms with E-state index in [1.807, 2.05) is 13.0 Å². The maximum absolute atomic E-state index is 11.8. The van der Waals surface area contributed by atoms with Gasteiger partial charge in [0.1, 0.15) is 5.75 Å². The standard InChI is InChI=1S/C18H25ClO4/c1-13(2)6-5-11-22-17(20)7-4-8-18(21)23-16-12-14(3)9-10-15(16)19/h9-10,12-13H,4-8,11H2,1-3H3. The van der Waals surface area contributed by atoms with Gasteiger partial charge in [0.15, 0.2) is 0 Å². The smallest absolute Gasteiger partial charge is 0.311 e. The molecule has 0 fully saturated rings. The number of hydrogen-bond acceptors (Lipinski definition) is 4. The van der Waals surface area contributed by atoms with Crippen molar-refractivity contribution >= 4 is 23.5 Å². The summed E-state index contributed by atoms with van der Waals surface area (Å²) in [4.78, 5) is 23.3. The molecule has 0 unspecified atom stereocenters. The van der Waals surface area contributed by atoms with Gasteiger partial charge in [0.2, 0.25) is 0 Å². The van der Waals surface area contributed by atoms with E-state index in [0.29, 0.717) is 29.7 Å². The monoisotopic (exact) mass is 340 g/mol. The predicted octanol–water partition coefficient (Wildman–Crippen LogP) is 4.70. The Bertz CT molecular complexity index is 526. The second-order valence-electron chi connectivity index (χ2n) is 6.02. The quantitative estimate of drug-likeness (QED) is 0.371. The number of esters is 2. The molecule has 0 spiro atoms. The van der Waals surface area contributed by atoms with Gasteiger partial charge < -0.3 is 9.47 Å². The van der Waals surface area contributed by atoms with Crippen molar-refractivity contribution in [3.05, 3.63) is 28.8 Å². The average molecular weight is 341 g/mol. The van der Waals surface area contributed by atoms with Gasteiger partial charge in [0.25, 0.3) is 0 Å². The summed E-state index contributed by atoms with van der Waals surface area (Å²) in [7, 11) is 0. The van der Waals surface area contributed by atoms with Gasteiger partial charge in [0, 0.05) is 12.8 Å². The van der Waals surface area contributed by atoms with Crippen LogP contribution < -0.4 is 4.74 Å². The molecule has 4 nitrogen and oxygen atoms in total. The fourth-order valence-corrected chi connectivity index (χ4v) is 2.15. The first-order chi connectivity index (χ1) is 10.9. The van der Waals surface area contributed by atoms with E-state index in [1.165, 1.54) is 0 Å². The van der Waals surface area contributed by atoms with E-state index in [2.05, 4.69) is 13.8 Å². The van der Waals surface area contributed by atoms with Crippen LogP contribution in [0.4, 0.5) is 0 Å². The van der Waals surface area contributed by atoms with Crippen LogP contribution in [0.5, 0.6) is 5.75 Å². The van der Waals surface area contributed by atoms with Crippen LogP contribution in [0.25, 0.3) is 0 Å². The van der Waals surface area contributed by atoms with Gasteiger partial charge in [-0.2, -0.15) is 0 Å². The lowest BCUT2D eigenvalue weighted by Crippen LogP contribution is -2.11. The molecule has 5 heteroatoms. The van der Waals surface area contributed by atoms with E-state index in [9.17, 15) is 9.59 Å². The maximum atomic E-state index is 11.8. The molecule has 0 heterocycles. The first-order valence-corrected chi connectivity index (χ1v) is 8.38. The number of ether oxygens (including phenoxy) is 2. The van der Waals surface area contributed by atoms with Gasteiger partial charge in [0.05, 0.1) is 11.6 Å². The molecule has 128 valence electrons. The Labute approximate surface area is 143 Å². The minimum Gasteiger partial charge on any atom is -0.466 e. The van der Waals surface area contributed by atoms with Crippen LogP contribution in [0.1, 0.15) is 51.5 Å². The number of halogens is 1. The van der Waals surface area contributed by atoms with Gasteiger partial charge in [-0.05, 0) is 49.8 Å². The molecule has 0 aliphatic heterocycles. The predicted molar refractivity (Wildman–Crippen MR) is 90.7 cm³/mol. The SMILES string of the molecule is Cc1ccc(Cl)c(OC(=O)CCCC(=O)OCCCC(C)C)c1. The van der Waals surface area contributed by atoms with Crippen molar-refractivity contribution in [2.75, 3.05) is 6.61 Å². The molecular weight excluding hydrogens is 316 g/mol. The van der Waals surface area contributed by atoms with Gasteiger partial charge >= 0.3 is 11.9 Å². The van der Waals surface area contributed by atoms with Crippen LogP contribution in [0.15, 0.2) is 18.2 Å². The summed E-state index contributed by atoms with van der Waals surface area (Å²) >= 11 is 5.97. The number of rotatable bonds is 9. The van der Waals surface area contributed by atoms with Crippen LogP contribution in [0.3, 0.4) is 0 Å². The van der Waals surface area contributed by atoms with Crippen molar-refractivity contribution < 1.29 is 19.1 Å². The zero-order valence-corrected chi connectivity index (χ0v) is 14.8. The van der Waals surface area contributed by atoms with Crippen molar-refractivity contribution in [2.45, 2.75) is 52.9 Å². The molecule has 0 saturated carbocycles. The largest absolute Gasteiger partial charge is 0.466 e. The second kappa shape index (κ2) is 10.3. The fourth-order valence-electron chi connectivity index (χ4n) is 1.99. The average Bonchev–Trinajstić information content (AvgIpc) is 2.47. The summed E-state index contributed by atoms with van der Waals surface area (Å²) in [6, 6.07) is 5.24. The van der Waals surface area contributed by atoms with Crippen molar-refractivity contribution in [3.8, 4) is 5.75 Å². The van der Waals surface area contributed by atoms with E-state index < -0.39 is 5.97 Å². The Balaban J connectivity index is 2.21. The minimum atomic E-state index is -0.398. The highest BCUT2D eigenvalue weighted by molar-refractivity contribution is 6.32. The number of carbonyl (C=O) groups excluding carboxylic acids is 2. The zero-order valence-electron chi connectivity index (χ0n) is 14.1. The van der Waals surface area contributed by atoms with Crippen LogP contribution in [-0.2, 0) is 14.3 Å². The Morgan fingerprint density at radius 3 is 2.52 bits per heavy atom. The second-order valence-corrected chi connectivity index (χ2v) is 6.43. The highest BCUT2D eigenvalue weighted by Gasteiger charge is 2.10. The van der Waals surface area contributed by atoms with E-state index in [4.69, 9.17) is 21.1 Å². The number of aryl methyl sites for hydroxylation is 1. The molecule has 0 N–H and O–H groups in total. The topological polar surface area (TPSA) is 52.6 Å². The third-order valence-corrected chi connectivity index (χ3v) is 3.57. The van der Waals surface area contributed by atoms with Crippen molar-refractivity contribution in [1.29, 1.82) is 0 Å². The van der Waals surface area contributed by atoms with Gasteiger partial charge in [-0.15, -0.1) is 0 Å². The van der Waals surface area contributed by atoms with E-state index in [1.54, 1.807) is 12.1 Å². The Morgan fingerprint density at radius 1 is 1.13 bits per heavy atom. The van der Waals surface area contributed by atoms with E-state index in [-0.39, 0.29) is 18.8 Å². The maximum Gasteiger partial charge on any atom is 0.311 e. The Morgan fingerprint density at radius 2 is 1.83 bits per heavy atom. The molecule has 0 aliphatic rings. The Hall–Kier alpha value is -1.55. The molecule has 0 bridgehead atoms. The van der Waals surface area contributed by atoms with Crippen molar-refractivity contribution in [2.24, 2.45) is 5.92 Å². The van der Waals surface area contributed by atoms with Crippen molar-refractivity contribution in [1.82, 2.24) is 0 Å². The third-order valence-electron chi connectivity index (χ3n) is 3.26. The summed E-state index contributed by atoms with van der Waals surface area (Å²) in [5.74, 6) is 0.296. The number of benzene rings is 1. The van der Waals surface area contributed by atoms with Gasteiger partial charge in [-0.3, -0.25) is 9.59 Å². The van der Waals surface area contributed by atoms with Gasteiger partial charge in [-0.25, -0.2) is 0 Å². The molecule has 1 aromatic rings. The lowest BCUT2D eigenvalue weighted by atomic mass is 10.1. The minimum absolute atomic E-state index is 0.158. The van der Waals surface area contributed by atoms with Crippen LogP contribution in [-0.4, -0.2) is 18.5 Å². The summed E-state index contributed by atoms with van der Waals surface area (Å²) in [6.07, 6.45) is 2.70. The Kier molecular flexibility index (Phi) is 8.70. The highest BCUT2D eigenvalue weighted by Crippen LogP contribution is 2.25. The first kappa shape index (κ1) is 19.5. The molecule has 0 aromatic heterocycles. The number of hydrogen-bond donors (Lipinski definition) is 0. The van der Waals surface area contributed by atoms with E-state index in [0.717, 1.165) is 18.4 Å². The molecule has 1 aromatic carbocycles. The van der Waals surface area contributed by atoms with E-state index >= 15 is 0 Å². The molecule has 0 aliphatic carbocycles. The third kappa shape index (κ3) is 8.60. The summed E-state index contributed by atoms with van der Waals surface area (Å²) in [5.41, 5.74) is 0.960. The molecular formula is C18H25ClO4. The summed E-state index contributed by atoms with van der Waals surface area (Å²) < 4.78 is 10.3. The zero-order chi connectivity index (χ0) is 17.2. The van der Waals surface area contributed by atoms with Crippen LogP contribution >= 0.6 is 11.6 Å². The fraction of sp³-hybridized carbons (Fsp3) is 0.556. The number of carbonyl (C=O) groups is 2. The van der Waals surface area contributed by atoms with Crippen LogP contribution in [0, 0.1) is 12.8 Å². The summed E-state index contributed by atoms with van der Waals surface area (Å²) in [6.45, 7) is 6.60. The first-order valence-electron chi connectivity index (χ1n) is 8.01. The van der Waals surface area contributed by atoms with Crippen LogP contribution in [0.2, 0.25) is 5.02 Å². The molecule has 1 rings (SSSR count). The lowest BCUT2D eigenvalue weighted by molar-refractivity contribution is -0.144. The molecule has 0 atom stereocenters. The molecule has 0 amide bonds. The van der Waals surface area contributed by atoms with Gasteiger partial charge in [-0.1, -0.05) is 31.5 Å². The molecule has 23 heavy (non-hydrogen) atoms. The molecule has 0 saturated heterocycles. The normalized spacial score (nSPS) is 10.7. The summed E-state index contributed by atoms with van der Waals surface area (Å²) in [5, 5.41) is 0.397. The molecule has 0 radical (unpaired) electrons. The highest BCUT2D eigenvalue weighted by atomic mass is 35.5.